The van der Waals surface area contributed by atoms with Gasteiger partial charge in [0.1, 0.15) is 0 Å². The molecule has 0 aliphatic heterocycles. The van der Waals surface area contributed by atoms with Crippen molar-refractivity contribution >= 4 is 35.3 Å². The van der Waals surface area contributed by atoms with E-state index in [1.807, 2.05) is 43.3 Å². The maximum Gasteiger partial charge on any atom is 0.500 e. The van der Waals surface area contributed by atoms with Crippen molar-refractivity contribution in [2.75, 3.05) is 60.0 Å². The second kappa shape index (κ2) is 11.2. The molecule has 30 heavy (non-hydrogen) atoms. The molecule has 0 amide bonds. The zero-order valence-corrected chi connectivity index (χ0v) is 20.2. The van der Waals surface area contributed by atoms with Gasteiger partial charge in [-0.2, -0.15) is 0 Å². The third-order valence-corrected chi connectivity index (χ3v) is 9.34. The van der Waals surface area contributed by atoms with E-state index >= 15 is 0 Å². The number of sulfonamides is 1. The highest BCUT2D eigenvalue weighted by Gasteiger charge is 2.36. The summed E-state index contributed by atoms with van der Waals surface area (Å²) in [5, 5.41) is 4.86. The van der Waals surface area contributed by atoms with Crippen molar-refractivity contribution < 1.29 is 21.7 Å². The number of anilines is 1. The Kier molecular flexibility index (Phi) is 9.23. The van der Waals surface area contributed by atoms with Crippen LogP contribution in [-0.4, -0.2) is 72.3 Å². The molecule has 0 aliphatic rings. The average molecular weight is 456 g/mol. The van der Waals surface area contributed by atoms with Crippen LogP contribution in [-0.2, 0) is 23.3 Å². The molecule has 0 atom stereocenters. The summed E-state index contributed by atoms with van der Waals surface area (Å²) in [5.41, 5.74) is 0.981. The smallest absolute Gasteiger partial charge is 0.377 e. The molecular formula is C20H33N3O5SSi. The van der Waals surface area contributed by atoms with Gasteiger partial charge < -0.3 is 23.5 Å². The second-order valence-corrected chi connectivity index (χ2v) is 11.9. The molecule has 0 aromatic heterocycles. The van der Waals surface area contributed by atoms with Crippen molar-refractivity contribution in [3.63, 3.8) is 0 Å². The van der Waals surface area contributed by atoms with Gasteiger partial charge in [0.25, 0.3) is 0 Å². The van der Waals surface area contributed by atoms with Crippen LogP contribution in [0.5, 0.6) is 0 Å². The van der Waals surface area contributed by atoms with E-state index in [-0.39, 0.29) is 0 Å². The summed E-state index contributed by atoms with van der Waals surface area (Å²) in [6.45, 7) is 1.54. The summed E-state index contributed by atoms with van der Waals surface area (Å²) < 4.78 is 44.6. The maximum atomic E-state index is 12.9. The fourth-order valence-electron chi connectivity index (χ4n) is 3.35. The van der Waals surface area contributed by atoms with Crippen LogP contribution in [0.4, 0.5) is 5.69 Å². The summed E-state index contributed by atoms with van der Waals surface area (Å²) in [6.07, 6.45) is 0.811. The number of hydrogen-bond acceptors (Lipinski definition) is 7. The van der Waals surface area contributed by atoms with Crippen LogP contribution < -0.4 is 14.9 Å². The van der Waals surface area contributed by atoms with E-state index in [2.05, 4.69) is 10.0 Å². The van der Waals surface area contributed by atoms with Crippen LogP contribution in [0.3, 0.4) is 0 Å². The molecule has 2 aromatic rings. The molecule has 2 rings (SSSR count). The molecule has 0 heterocycles. The molecular weight excluding hydrogens is 422 g/mol. The SMILES string of the molecule is CO[Si](CCCNCCNS(=O)(=O)c1cccc2c(N(C)C)cccc12)(OC)OC. The molecule has 2 aromatic carbocycles. The minimum atomic E-state index is -3.62. The fraction of sp³-hybridized carbons (Fsp3) is 0.500. The van der Waals surface area contributed by atoms with Gasteiger partial charge in [0.2, 0.25) is 10.0 Å². The number of nitrogens with zero attached hydrogens (tertiary/aromatic N) is 1. The average Bonchev–Trinajstić information content (AvgIpc) is 2.75. The van der Waals surface area contributed by atoms with Crippen LogP contribution in [0.25, 0.3) is 10.8 Å². The van der Waals surface area contributed by atoms with Gasteiger partial charge in [-0.25, -0.2) is 13.1 Å². The van der Waals surface area contributed by atoms with Crippen LogP contribution in [0.1, 0.15) is 6.42 Å². The minimum Gasteiger partial charge on any atom is -0.377 e. The lowest BCUT2D eigenvalue weighted by Gasteiger charge is -2.24. The van der Waals surface area contributed by atoms with E-state index < -0.39 is 18.8 Å². The molecule has 0 spiro atoms. The van der Waals surface area contributed by atoms with Gasteiger partial charge in [-0.1, -0.05) is 24.3 Å². The van der Waals surface area contributed by atoms with Gasteiger partial charge in [0.05, 0.1) is 4.90 Å². The molecule has 10 heteroatoms. The van der Waals surface area contributed by atoms with Crippen LogP contribution in [0.15, 0.2) is 41.3 Å². The Morgan fingerprint density at radius 2 is 1.53 bits per heavy atom. The van der Waals surface area contributed by atoms with E-state index in [0.29, 0.717) is 36.0 Å². The first kappa shape index (κ1) is 24.7. The molecule has 0 saturated heterocycles. The lowest BCUT2D eigenvalue weighted by Crippen LogP contribution is -2.43. The Morgan fingerprint density at radius 3 is 2.17 bits per heavy atom. The van der Waals surface area contributed by atoms with Crippen LogP contribution in [0.2, 0.25) is 6.04 Å². The van der Waals surface area contributed by atoms with Gasteiger partial charge >= 0.3 is 8.80 Å². The van der Waals surface area contributed by atoms with E-state index in [0.717, 1.165) is 17.5 Å². The largest absolute Gasteiger partial charge is 0.500 e. The van der Waals surface area contributed by atoms with E-state index in [1.165, 1.54) is 0 Å². The Balaban J connectivity index is 1.92. The first-order chi connectivity index (χ1) is 14.3. The Labute approximate surface area is 180 Å². The van der Waals surface area contributed by atoms with Gasteiger partial charge in [-0.05, 0) is 25.1 Å². The summed E-state index contributed by atoms with van der Waals surface area (Å²) in [6, 6.07) is 11.7. The zero-order valence-electron chi connectivity index (χ0n) is 18.4. The number of hydrogen-bond donors (Lipinski definition) is 2. The molecule has 168 valence electrons. The number of benzene rings is 2. The predicted molar refractivity (Wildman–Crippen MR) is 123 cm³/mol. The first-order valence-corrected chi connectivity index (χ1v) is 13.3. The van der Waals surface area contributed by atoms with Crippen molar-refractivity contribution in [2.24, 2.45) is 0 Å². The second-order valence-electron chi connectivity index (χ2n) is 7.07. The van der Waals surface area contributed by atoms with E-state index in [9.17, 15) is 8.42 Å². The number of nitrogens with one attached hydrogen (secondary N) is 2. The lowest BCUT2D eigenvalue weighted by molar-refractivity contribution is 0.123. The summed E-state index contributed by atoms with van der Waals surface area (Å²) in [4.78, 5) is 2.27. The summed E-state index contributed by atoms with van der Waals surface area (Å²) in [7, 11) is 2.49. The quantitative estimate of drug-likeness (QED) is 0.353. The predicted octanol–water partition coefficient (Wildman–Crippen LogP) is 2.04. The molecule has 0 radical (unpaired) electrons. The van der Waals surface area contributed by atoms with Gasteiger partial charge in [-0.3, -0.25) is 0 Å². The third kappa shape index (κ3) is 6.00. The van der Waals surface area contributed by atoms with Crippen molar-refractivity contribution in [1.29, 1.82) is 0 Å². The Bertz CT molecular complexity index is 912. The van der Waals surface area contributed by atoms with Crippen molar-refractivity contribution in [3.05, 3.63) is 36.4 Å². The zero-order chi connectivity index (χ0) is 22.2. The standard InChI is InChI=1S/C20H33N3O5SSi/c1-23(2)19-11-6-10-18-17(19)9-7-12-20(18)29(24,25)22-15-14-21-13-8-16-30(26-3,27-4)28-5/h6-7,9-12,21-22H,8,13-16H2,1-5H3. The molecule has 2 N–H and O–H groups in total. The summed E-state index contributed by atoms with van der Waals surface area (Å²) >= 11 is 0. The lowest BCUT2D eigenvalue weighted by atomic mass is 10.1. The molecule has 0 saturated carbocycles. The Hall–Kier alpha value is -1.53. The van der Waals surface area contributed by atoms with Crippen molar-refractivity contribution in [2.45, 2.75) is 17.4 Å². The van der Waals surface area contributed by atoms with Gasteiger partial charge in [0, 0.05) is 71.0 Å². The number of rotatable bonds is 13. The molecule has 0 aliphatic carbocycles. The van der Waals surface area contributed by atoms with Crippen LogP contribution >= 0.6 is 0 Å². The highest BCUT2D eigenvalue weighted by Crippen LogP contribution is 2.29. The molecule has 0 fully saturated rings. The summed E-state index contributed by atoms with van der Waals surface area (Å²) in [5.74, 6) is 0. The van der Waals surface area contributed by atoms with Crippen LogP contribution in [0, 0.1) is 0 Å². The van der Waals surface area contributed by atoms with Gasteiger partial charge in [-0.15, -0.1) is 0 Å². The highest BCUT2D eigenvalue weighted by molar-refractivity contribution is 7.89. The minimum absolute atomic E-state index is 0.291. The van der Waals surface area contributed by atoms with Gasteiger partial charge in [0.15, 0.2) is 0 Å². The monoisotopic (exact) mass is 455 g/mol. The molecule has 0 bridgehead atoms. The van der Waals surface area contributed by atoms with Crippen molar-refractivity contribution in [1.82, 2.24) is 10.0 Å². The Morgan fingerprint density at radius 1 is 0.900 bits per heavy atom. The highest BCUT2D eigenvalue weighted by atomic mass is 32.2. The topological polar surface area (TPSA) is 89.1 Å². The molecule has 0 unspecified atom stereocenters. The fourth-order valence-corrected chi connectivity index (χ4v) is 6.33. The first-order valence-electron chi connectivity index (χ1n) is 9.85. The third-order valence-electron chi connectivity index (χ3n) is 4.99. The van der Waals surface area contributed by atoms with Crippen molar-refractivity contribution in [3.8, 4) is 0 Å². The number of fused-ring (bicyclic) bond motifs is 1. The van der Waals surface area contributed by atoms with E-state index in [4.69, 9.17) is 13.3 Å². The normalized spacial score (nSPS) is 12.4. The van der Waals surface area contributed by atoms with E-state index in [1.54, 1.807) is 33.5 Å². The maximum absolute atomic E-state index is 12.9. The molecule has 8 nitrogen and oxygen atoms in total.